The lowest BCUT2D eigenvalue weighted by Crippen LogP contribution is -2.16. The van der Waals surface area contributed by atoms with E-state index in [1.807, 2.05) is 20.8 Å². The molecule has 1 amide bonds. The molecule has 4 rings (SSSR count). The molecule has 0 atom stereocenters. The molecule has 11 heteroatoms. The monoisotopic (exact) mass is 497 g/mol. The summed E-state index contributed by atoms with van der Waals surface area (Å²) in [6, 6.07) is 8.88. The maximum absolute atomic E-state index is 14.7. The highest BCUT2D eigenvalue weighted by Crippen LogP contribution is 2.31. The predicted molar refractivity (Wildman–Crippen MR) is 129 cm³/mol. The number of carbonyl (C=O) groups excluding carboxylic acids is 1. The minimum Gasteiger partial charge on any atom is -0.455 e. The Morgan fingerprint density at radius 2 is 1.91 bits per heavy atom. The number of amides is 1. The lowest BCUT2D eigenvalue weighted by Gasteiger charge is -2.14. The van der Waals surface area contributed by atoms with Crippen molar-refractivity contribution < 1.29 is 22.3 Å². The highest BCUT2D eigenvalue weighted by Gasteiger charge is 2.18. The predicted octanol–water partition coefficient (Wildman–Crippen LogP) is 4.17. The van der Waals surface area contributed by atoms with Crippen molar-refractivity contribution in [3.8, 4) is 11.5 Å². The molecule has 0 aliphatic heterocycles. The van der Waals surface area contributed by atoms with Crippen molar-refractivity contribution in [2.45, 2.75) is 37.5 Å². The number of benzene rings is 1. The van der Waals surface area contributed by atoms with Crippen molar-refractivity contribution in [2.24, 2.45) is 0 Å². The van der Waals surface area contributed by atoms with Crippen LogP contribution in [0, 0.1) is 5.82 Å². The van der Waals surface area contributed by atoms with Crippen LogP contribution >= 0.6 is 0 Å². The Balaban J connectivity index is 1.50. The van der Waals surface area contributed by atoms with Gasteiger partial charge in [-0.1, -0.05) is 20.8 Å². The molecule has 9 nitrogen and oxygen atoms in total. The topological polar surface area (TPSA) is 127 Å². The number of ether oxygens (including phenoxy) is 1. The van der Waals surface area contributed by atoms with Crippen LogP contribution in [0.4, 0.5) is 10.2 Å². The molecule has 0 radical (unpaired) electrons. The lowest BCUT2D eigenvalue weighted by atomic mass is 9.92. The summed E-state index contributed by atoms with van der Waals surface area (Å²) in [7, 11) is -3.44. The molecule has 35 heavy (non-hydrogen) atoms. The average molecular weight is 498 g/mol. The van der Waals surface area contributed by atoms with E-state index >= 15 is 0 Å². The summed E-state index contributed by atoms with van der Waals surface area (Å²) in [4.78, 5) is 20.7. The van der Waals surface area contributed by atoms with E-state index in [1.54, 1.807) is 18.2 Å². The van der Waals surface area contributed by atoms with Gasteiger partial charge >= 0.3 is 0 Å². The maximum Gasteiger partial charge on any atom is 0.231 e. The Bertz CT molecular complexity index is 1530. The number of hydrogen-bond acceptors (Lipinski definition) is 7. The number of rotatable bonds is 6. The third kappa shape index (κ3) is 5.62. The van der Waals surface area contributed by atoms with Gasteiger partial charge in [-0.15, -0.1) is 0 Å². The fourth-order valence-electron chi connectivity index (χ4n) is 3.29. The molecule has 0 bridgehead atoms. The number of nitrogens with zero attached hydrogens (tertiary/aromatic N) is 3. The molecule has 2 N–H and O–H groups in total. The Morgan fingerprint density at radius 1 is 1.14 bits per heavy atom. The van der Waals surface area contributed by atoms with Crippen molar-refractivity contribution in [1.29, 1.82) is 0 Å². The summed E-state index contributed by atoms with van der Waals surface area (Å²) < 4.78 is 44.3. The fourth-order valence-corrected chi connectivity index (χ4v) is 3.94. The first kappa shape index (κ1) is 24.3. The van der Waals surface area contributed by atoms with Crippen LogP contribution in [0.15, 0.2) is 53.7 Å². The second-order valence-electron chi connectivity index (χ2n) is 9.10. The normalized spacial score (nSPS) is 12.0. The summed E-state index contributed by atoms with van der Waals surface area (Å²) in [6.07, 6.45) is 3.61. The number of anilines is 1. The van der Waals surface area contributed by atoms with Crippen LogP contribution in [0.3, 0.4) is 0 Å². The molecule has 0 aliphatic rings. The van der Waals surface area contributed by atoms with Gasteiger partial charge in [-0.25, -0.2) is 12.8 Å². The number of aromatic nitrogens is 4. The van der Waals surface area contributed by atoms with Crippen LogP contribution in [0.2, 0.25) is 0 Å². The number of sulfone groups is 1. The zero-order chi connectivity index (χ0) is 25.4. The Morgan fingerprint density at radius 3 is 2.57 bits per heavy atom. The molecule has 0 spiro atoms. The van der Waals surface area contributed by atoms with Crippen molar-refractivity contribution in [3.63, 3.8) is 0 Å². The first-order valence-corrected chi connectivity index (χ1v) is 12.6. The van der Waals surface area contributed by atoms with Crippen molar-refractivity contribution in [2.75, 3.05) is 11.6 Å². The van der Waals surface area contributed by atoms with Gasteiger partial charge in [0, 0.05) is 41.1 Å². The number of halogens is 1. The third-order valence-corrected chi connectivity index (χ3v) is 6.31. The number of H-pyrrole nitrogens is 1. The quantitative estimate of drug-likeness (QED) is 0.409. The van der Waals surface area contributed by atoms with Gasteiger partial charge in [0.05, 0.1) is 28.7 Å². The van der Waals surface area contributed by atoms with Crippen LogP contribution in [-0.2, 0) is 26.5 Å². The van der Waals surface area contributed by atoms with Crippen LogP contribution in [0.1, 0.15) is 32.2 Å². The van der Waals surface area contributed by atoms with Gasteiger partial charge in [0.15, 0.2) is 15.7 Å². The molecule has 3 aromatic heterocycles. The van der Waals surface area contributed by atoms with Gasteiger partial charge in [0.2, 0.25) is 5.91 Å². The summed E-state index contributed by atoms with van der Waals surface area (Å²) in [5.41, 5.74) is 1.15. The molecule has 3 heterocycles. The van der Waals surface area contributed by atoms with Crippen molar-refractivity contribution in [3.05, 3.63) is 66.0 Å². The van der Waals surface area contributed by atoms with E-state index in [1.165, 1.54) is 24.5 Å². The van der Waals surface area contributed by atoms with E-state index in [2.05, 4.69) is 25.5 Å². The van der Waals surface area contributed by atoms with Gasteiger partial charge in [-0.3, -0.25) is 19.9 Å². The van der Waals surface area contributed by atoms with E-state index in [0.717, 1.165) is 18.0 Å². The molecular weight excluding hydrogens is 473 g/mol. The second-order valence-corrected chi connectivity index (χ2v) is 11.1. The largest absolute Gasteiger partial charge is 0.455 e. The number of fused-ring (bicyclic) bond motifs is 1. The standard InChI is InChI=1S/C24H24FN5O4S/c1-24(2,3)21-12-22(30-29-21)28-23(31)11-19-17(25)9-14(13-27-19)34-20-7-8-26-18-6-5-15(10-16(18)20)35(4,32)33/h5-10,12-13H,11H2,1-4H3,(H2,28,29,30,31). The Hall–Kier alpha value is -3.86. The zero-order valence-corrected chi connectivity index (χ0v) is 20.4. The van der Waals surface area contributed by atoms with Crippen LogP contribution in [0.25, 0.3) is 10.9 Å². The number of hydrogen-bond donors (Lipinski definition) is 2. The van der Waals surface area contributed by atoms with Crippen LogP contribution in [0.5, 0.6) is 11.5 Å². The minimum atomic E-state index is -3.44. The lowest BCUT2D eigenvalue weighted by molar-refractivity contribution is -0.115. The average Bonchev–Trinajstić information content (AvgIpc) is 3.24. The number of aromatic amines is 1. The summed E-state index contributed by atoms with van der Waals surface area (Å²) in [6.45, 7) is 6.03. The zero-order valence-electron chi connectivity index (χ0n) is 19.6. The molecule has 1 aromatic carbocycles. The van der Waals surface area contributed by atoms with Gasteiger partial charge in [-0.2, -0.15) is 5.10 Å². The SMILES string of the molecule is CC(C)(C)c1cc(NC(=O)Cc2ncc(Oc3ccnc4ccc(S(C)(=O)=O)cc34)cc2F)n[nH]1. The van der Waals surface area contributed by atoms with Gasteiger partial charge in [-0.05, 0) is 24.3 Å². The van der Waals surface area contributed by atoms with Crippen LogP contribution < -0.4 is 10.1 Å². The van der Waals surface area contributed by atoms with Gasteiger partial charge < -0.3 is 10.1 Å². The fraction of sp³-hybridized carbons (Fsp3) is 0.250. The molecule has 0 aliphatic carbocycles. The molecule has 182 valence electrons. The molecule has 0 fully saturated rings. The second kappa shape index (κ2) is 9.06. The molecular formula is C24H24FN5O4S. The summed E-state index contributed by atoms with van der Waals surface area (Å²) >= 11 is 0. The first-order chi connectivity index (χ1) is 16.4. The third-order valence-electron chi connectivity index (χ3n) is 5.20. The first-order valence-electron chi connectivity index (χ1n) is 10.7. The van der Waals surface area contributed by atoms with Crippen molar-refractivity contribution >= 4 is 32.5 Å². The van der Waals surface area contributed by atoms with E-state index in [9.17, 15) is 17.6 Å². The molecule has 0 saturated heterocycles. The summed E-state index contributed by atoms with van der Waals surface area (Å²) in [5.74, 6) is -0.458. The molecule has 4 aromatic rings. The molecule has 0 saturated carbocycles. The summed E-state index contributed by atoms with van der Waals surface area (Å²) in [5, 5.41) is 10.0. The minimum absolute atomic E-state index is 0.0552. The van der Waals surface area contributed by atoms with Crippen LogP contribution in [-0.4, -0.2) is 40.7 Å². The van der Waals surface area contributed by atoms with Gasteiger partial charge in [0.25, 0.3) is 0 Å². The smallest absolute Gasteiger partial charge is 0.231 e. The highest BCUT2D eigenvalue weighted by molar-refractivity contribution is 7.90. The highest BCUT2D eigenvalue weighted by atomic mass is 32.2. The molecule has 0 unspecified atom stereocenters. The van der Waals surface area contributed by atoms with E-state index in [-0.39, 0.29) is 28.2 Å². The van der Waals surface area contributed by atoms with E-state index in [4.69, 9.17) is 4.74 Å². The Labute approximate surface area is 201 Å². The van der Waals surface area contributed by atoms with Gasteiger partial charge in [0.1, 0.15) is 17.3 Å². The Kier molecular flexibility index (Phi) is 6.28. The number of carbonyl (C=O) groups is 1. The number of nitrogens with one attached hydrogen (secondary N) is 2. The maximum atomic E-state index is 14.7. The number of pyridine rings is 2. The van der Waals surface area contributed by atoms with Crippen molar-refractivity contribution in [1.82, 2.24) is 20.2 Å². The van der Waals surface area contributed by atoms with E-state index in [0.29, 0.717) is 22.5 Å². The van der Waals surface area contributed by atoms with E-state index < -0.39 is 21.6 Å².